The molecule has 0 amide bonds. The van der Waals surface area contributed by atoms with Gasteiger partial charge in [0.25, 0.3) is 0 Å². The zero-order chi connectivity index (χ0) is 21.4. The van der Waals surface area contributed by atoms with Gasteiger partial charge in [-0.1, -0.05) is 62.4 Å². The highest BCUT2D eigenvalue weighted by atomic mass is 32.2. The van der Waals surface area contributed by atoms with Crippen LogP contribution in [0.1, 0.15) is 49.1 Å². The third kappa shape index (κ3) is 8.28. The molecule has 158 valence electrons. The fraction of sp³-hybridized carbons (Fsp3) is 0.435. The average Bonchev–Trinajstić information content (AvgIpc) is 2.65. The van der Waals surface area contributed by atoms with Crippen molar-refractivity contribution in [2.24, 2.45) is 10.9 Å². The Bertz CT molecular complexity index is 902. The van der Waals surface area contributed by atoms with E-state index in [4.69, 9.17) is 0 Å². The van der Waals surface area contributed by atoms with E-state index in [-0.39, 0.29) is 11.8 Å². The van der Waals surface area contributed by atoms with Gasteiger partial charge in [-0.2, -0.15) is 0 Å². The van der Waals surface area contributed by atoms with Crippen molar-refractivity contribution in [3.8, 4) is 0 Å². The van der Waals surface area contributed by atoms with Gasteiger partial charge < -0.3 is 10.6 Å². The minimum atomic E-state index is -3.01. The molecular weight excluding hydrogens is 382 g/mol. The van der Waals surface area contributed by atoms with Gasteiger partial charge in [0.1, 0.15) is 0 Å². The summed E-state index contributed by atoms with van der Waals surface area (Å²) in [7, 11) is -1.26. The molecule has 0 bridgehead atoms. The van der Waals surface area contributed by atoms with Crippen molar-refractivity contribution in [1.82, 2.24) is 10.6 Å². The predicted octanol–water partition coefficient (Wildman–Crippen LogP) is 3.86. The molecule has 29 heavy (non-hydrogen) atoms. The Balaban J connectivity index is 1.90. The zero-order valence-corrected chi connectivity index (χ0v) is 18.9. The Kier molecular flexibility index (Phi) is 8.26. The van der Waals surface area contributed by atoms with Gasteiger partial charge in [-0.15, -0.1) is 0 Å². The summed E-state index contributed by atoms with van der Waals surface area (Å²) in [5, 5.41) is 6.73. The van der Waals surface area contributed by atoms with E-state index >= 15 is 0 Å². The van der Waals surface area contributed by atoms with Crippen molar-refractivity contribution in [3.05, 3.63) is 70.8 Å². The van der Waals surface area contributed by atoms with Crippen LogP contribution in [0.3, 0.4) is 0 Å². The van der Waals surface area contributed by atoms with Crippen LogP contribution in [0.2, 0.25) is 0 Å². The van der Waals surface area contributed by atoms with Crippen LogP contribution in [-0.4, -0.2) is 27.7 Å². The molecule has 1 unspecified atom stereocenters. The number of nitrogens with zero attached hydrogens (tertiary/aromatic N) is 1. The minimum Gasteiger partial charge on any atom is -0.352 e. The predicted molar refractivity (Wildman–Crippen MR) is 122 cm³/mol. The van der Waals surface area contributed by atoms with E-state index in [1.165, 1.54) is 17.4 Å². The fourth-order valence-electron chi connectivity index (χ4n) is 3.14. The monoisotopic (exact) mass is 415 g/mol. The van der Waals surface area contributed by atoms with Crippen molar-refractivity contribution >= 4 is 15.8 Å². The van der Waals surface area contributed by atoms with Gasteiger partial charge in [-0.05, 0) is 41.5 Å². The molecule has 0 spiro atoms. The maximum atomic E-state index is 11.4. The van der Waals surface area contributed by atoms with Gasteiger partial charge in [0.15, 0.2) is 15.8 Å². The van der Waals surface area contributed by atoms with Crippen LogP contribution in [0.25, 0.3) is 0 Å². The van der Waals surface area contributed by atoms with Gasteiger partial charge in [0.2, 0.25) is 0 Å². The number of benzene rings is 2. The number of aliphatic imine (C=N–C) groups is 1. The molecule has 0 aliphatic rings. The van der Waals surface area contributed by atoms with Gasteiger partial charge in [-0.3, -0.25) is 4.99 Å². The number of guanidine groups is 1. The quantitative estimate of drug-likeness (QED) is 0.507. The molecule has 1 atom stereocenters. The van der Waals surface area contributed by atoms with Crippen LogP contribution in [0, 0.1) is 5.92 Å². The number of hydrogen-bond acceptors (Lipinski definition) is 3. The molecule has 2 aromatic rings. The summed E-state index contributed by atoms with van der Waals surface area (Å²) < 4.78 is 22.8. The van der Waals surface area contributed by atoms with E-state index in [9.17, 15) is 8.42 Å². The lowest BCUT2D eigenvalue weighted by atomic mass is 10.00. The van der Waals surface area contributed by atoms with Crippen molar-refractivity contribution in [2.45, 2.75) is 45.5 Å². The molecule has 2 rings (SSSR count). The normalized spacial score (nSPS) is 13.4. The lowest BCUT2D eigenvalue weighted by molar-refractivity contribution is 0.601. The summed E-state index contributed by atoms with van der Waals surface area (Å²) in [5.74, 6) is 1.45. The second-order valence-corrected chi connectivity index (χ2v) is 10.2. The van der Waals surface area contributed by atoms with E-state index in [0.717, 1.165) is 23.5 Å². The maximum absolute atomic E-state index is 11.4. The van der Waals surface area contributed by atoms with Gasteiger partial charge in [0.05, 0.1) is 11.8 Å². The van der Waals surface area contributed by atoms with Gasteiger partial charge in [0, 0.05) is 19.8 Å². The van der Waals surface area contributed by atoms with Gasteiger partial charge in [-0.25, -0.2) is 8.42 Å². The van der Waals surface area contributed by atoms with Crippen LogP contribution in [0.15, 0.2) is 53.5 Å². The molecule has 5 nitrogen and oxygen atoms in total. The molecule has 0 radical (unpaired) electrons. The molecule has 0 fully saturated rings. The summed E-state index contributed by atoms with van der Waals surface area (Å²) >= 11 is 0. The zero-order valence-electron chi connectivity index (χ0n) is 18.1. The van der Waals surface area contributed by atoms with Crippen molar-refractivity contribution < 1.29 is 8.42 Å². The summed E-state index contributed by atoms with van der Waals surface area (Å²) in [5.41, 5.74) is 4.44. The molecule has 0 aliphatic carbocycles. The molecule has 0 aliphatic heterocycles. The van der Waals surface area contributed by atoms with Crippen molar-refractivity contribution in [2.75, 3.05) is 13.3 Å². The molecule has 0 saturated carbocycles. The minimum absolute atomic E-state index is 0.0669. The molecular formula is C23H33N3O2S. The van der Waals surface area contributed by atoms with E-state index in [1.807, 2.05) is 24.3 Å². The first kappa shape index (κ1) is 22.9. The van der Waals surface area contributed by atoms with E-state index in [2.05, 4.69) is 60.7 Å². The van der Waals surface area contributed by atoms with Crippen molar-refractivity contribution in [3.63, 3.8) is 0 Å². The van der Waals surface area contributed by atoms with Crippen LogP contribution < -0.4 is 10.6 Å². The first-order chi connectivity index (χ1) is 13.7. The smallest absolute Gasteiger partial charge is 0.191 e. The number of hydrogen-bond donors (Lipinski definition) is 2. The lowest BCUT2D eigenvalue weighted by Gasteiger charge is -2.19. The maximum Gasteiger partial charge on any atom is 0.191 e. The van der Waals surface area contributed by atoms with Crippen LogP contribution in [0.5, 0.6) is 0 Å². The molecule has 2 aromatic carbocycles. The van der Waals surface area contributed by atoms with Crippen LogP contribution >= 0.6 is 0 Å². The fourth-order valence-corrected chi connectivity index (χ4v) is 3.94. The number of sulfone groups is 1. The van der Waals surface area contributed by atoms with Crippen LogP contribution in [0.4, 0.5) is 0 Å². The van der Waals surface area contributed by atoms with E-state index < -0.39 is 9.84 Å². The molecule has 6 heteroatoms. The summed E-state index contributed by atoms with van der Waals surface area (Å²) in [6, 6.07) is 16.5. The molecule has 0 heterocycles. The summed E-state index contributed by atoms with van der Waals surface area (Å²) in [4.78, 5) is 4.31. The third-order valence-electron chi connectivity index (χ3n) is 4.61. The average molecular weight is 416 g/mol. The number of rotatable bonds is 8. The Labute approximate surface area is 175 Å². The number of nitrogens with one attached hydrogen (secondary N) is 2. The topological polar surface area (TPSA) is 70.6 Å². The molecule has 0 saturated heterocycles. The summed E-state index contributed by atoms with van der Waals surface area (Å²) in [6.07, 6.45) is 2.34. The van der Waals surface area contributed by atoms with E-state index in [0.29, 0.717) is 12.5 Å². The highest BCUT2D eigenvalue weighted by Crippen LogP contribution is 2.15. The Morgan fingerprint density at radius 2 is 1.48 bits per heavy atom. The first-order valence-electron chi connectivity index (χ1n) is 9.98. The first-order valence-corrected chi connectivity index (χ1v) is 12.0. The SMILES string of the molecule is CN=C(NCc1ccc(CS(C)(=O)=O)cc1)NC(C)c1ccc(CC(C)C)cc1. The standard InChI is InChI=1S/C23H33N3O2S/c1-17(2)14-19-10-12-22(13-11-19)18(3)26-23(24-4)25-15-20-6-8-21(9-7-20)16-29(5,27)28/h6-13,17-18H,14-16H2,1-5H3,(H2,24,25,26). The van der Waals surface area contributed by atoms with Crippen molar-refractivity contribution in [1.29, 1.82) is 0 Å². The molecule has 0 aromatic heterocycles. The van der Waals surface area contributed by atoms with Crippen LogP contribution in [-0.2, 0) is 28.6 Å². The largest absolute Gasteiger partial charge is 0.352 e. The lowest BCUT2D eigenvalue weighted by Crippen LogP contribution is -2.38. The highest BCUT2D eigenvalue weighted by Gasteiger charge is 2.09. The molecule has 2 N–H and O–H groups in total. The Morgan fingerprint density at radius 1 is 0.931 bits per heavy atom. The Morgan fingerprint density at radius 3 is 2.00 bits per heavy atom. The second-order valence-electron chi connectivity index (χ2n) is 8.02. The summed E-state index contributed by atoms with van der Waals surface area (Å²) in [6.45, 7) is 7.18. The second kappa shape index (κ2) is 10.4. The van der Waals surface area contributed by atoms with Gasteiger partial charge >= 0.3 is 0 Å². The van der Waals surface area contributed by atoms with E-state index in [1.54, 1.807) is 7.05 Å². The third-order valence-corrected chi connectivity index (χ3v) is 5.47. The highest BCUT2D eigenvalue weighted by molar-refractivity contribution is 7.89. The Hall–Kier alpha value is -2.34.